The summed E-state index contributed by atoms with van der Waals surface area (Å²) in [6, 6.07) is 0. The Balaban J connectivity index is 0.000000830. The average molecular weight is 284 g/mol. The molecule has 1 saturated heterocycles. The van der Waals surface area contributed by atoms with Crippen molar-refractivity contribution < 1.29 is 10.2 Å². The standard InChI is InChI=1S/C10H16N4O2.C3H8.CH4/c15-6-5-13-1-3-14(4-2-13)10-11-7-9(16)8-12-10;1-3-2;/h7-8,15-16H,1-6H2;3H2,1-2H3;1H4. The van der Waals surface area contributed by atoms with E-state index in [4.69, 9.17) is 10.2 Å². The maximum atomic E-state index is 9.09. The monoisotopic (exact) mass is 284 g/mol. The topological polar surface area (TPSA) is 72.7 Å². The van der Waals surface area contributed by atoms with Crippen molar-refractivity contribution in [2.24, 2.45) is 0 Å². The molecule has 0 aromatic carbocycles. The molecule has 0 bridgehead atoms. The maximum absolute atomic E-state index is 9.09. The Kier molecular flexibility index (Phi) is 9.67. The van der Waals surface area contributed by atoms with Crippen molar-refractivity contribution >= 4 is 5.95 Å². The molecule has 1 aliphatic rings. The maximum Gasteiger partial charge on any atom is 0.225 e. The molecule has 0 radical (unpaired) electrons. The number of β-amino-alcohol motifs (C(OH)–C–C–N with tert-alkyl or cyclic N) is 1. The van der Waals surface area contributed by atoms with E-state index in [0.717, 1.165) is 32.7 Å². The number of hydrogen-bond acceptors (Lipinski definition) is 6. The molecule has 6 nitrogen and oxygen atoms in total. The third kappa shape index (κ3) is 6.16. The second-order valence-electron chi connectivity index (χ2n) is 4.50. The molecule has 1 aliphatic heterocycles. The van der Waals surface area contributed by atoms with E-state index < -0.39 is 0 Å². The molecule has 0 saturated carbocycles. The molecule has 20 heavy (non-hydrogen) atoms. The van der Waals surface area contributed by atoms with Crippen LogP contribution in [0.5, 0.6) is 5.75 Å². The van der Waals surface area contributed by atoms with Gasteiger partial charge in [0.15, 0.2) is 5.75 Å². The number of rotatable bonds is 3. The van der Waals surface area contributed by atoms with Crippen molar-refractivity contribution in [3.05, 3.63) is 12.4 Å². The van der Waals surface area contributed by atoms with Gasteiger partial charge in [-0.15, -0.1) is 0 Å². The van der Waals surface area contributed by atoms with Crippen LogP contribution in [0.15, 0.2) is 12.4 Å². The van der Waals surface area contributed by atoms with Crippen LogP contribution in [-0.2, 0) is 0 Å². The van der Waals surface area contributed by atoms with E-state index in [1.165, 1.54) is 18.8 Å². The van der Waals surface area contributed by atoms with Gasteiger partial charge in [-0.05, 0) is 0 Å². The fourth-order valence-corrected chi connectivity index (χ4v) is 1.79. The predicted octanol–water partition coefficient (Wildman–Crippen LogP) is 1.35. The SMILES string of the molecule is C.CCC.OCCN1CCN(c2ncc(O)cn2)CC1. The number of hydrogen-bond donors (Lipinski definition) is 2. The van der Waals surface area contributed by atoms with Crippen LogP contribution in [0.25, 0.3) is 0 Å². The smallest absolute Gasteiger partial charge is 0.225 e. The van der Waals surface area contributed by atoms with Gasteiger partial charge in [-0.1, -0.05) is 27.7 Å². The van der Waals surface area contributed by atoms with Crippen LogP contribution in [0, 0.1) is 0 Å². The summed E-state index contributed by atoms with van der Waals surface area (Å²) >= 11 is 0. The fourth-order valence-electron chi connectivity index (χ4n) is 1.79. The molecule has 2 rings (SSSR count). The Bertz CT molecular complexity index is 338. The summed E-state index contributed by atoms with van der Waals surface area (Å²) in [6.07, 6.45) is 4.06. The normalized spacial score (nSPS) is 15.1. The van der Waals surface area contributed by atoms with Crippen molar-refractivity contribution in [2.45, 2.75) is 27.7 Å². The van der Waals surface area contributed by atoms with Crippen LogP contribution in [0.1, 0.15) is 27.7 Å². The molecule has 0 spiro atoms. The lowest BCUT2D eigenvalue weighted by Crippen LogP contribution is -2.47. The third-order valence-electron chi connectivity index (χ3n) is 2.70. The molecular formula is C14H28N4O2. The lowest BCUT2D eigenvalue weighted by molar-refractivity contribution is 0.188. The highest BCUT2D eigenvalue weighted by molar-refractivity contribution is 5.31. The largest absolute Gasteiger partial charge is 0.505 e. The molecule has 2 heterocycles. The van der Waals surface area contributed by atoms with E-state index >= 15 is 0 Å². The van der Waals surface area contributed by atoms with Gasteiger partial charge in [0.1, 0.15) is 0 Å². The zero-order chi connectivity index (χ0) is 14.1. The van der Waals surface area contributed by atoms with Crippen LogP contribution in [-0.4, -0.2) is 64.4 Å². The van der Waals surface area contributed by atoms with Gasteiger partial charge < -0.3 is 15.1 Å². The lowest BCUT2D eigenvalue weighted by Gasteiger charge is -2.34. The van der Waals surface area contributed by atoms with Crippen LogP contribution < -0.4 is 4.90 Å². The number of aliphatic hydroxyl groups is 1. The van der Waals surface area contributed by atoms with Gasteiger partial charge >= 0.3 is 0 Å². The Labute approximate surface area is 122 Å². The van der Waals surface area contributed by atoms with Crippen LogP contribution in [0.2, 0.25) is 0 Å². The van der Waals surface area contributed by atoms with E-state index in [9.17, 15) is 0 Å². The summed E-state index contributed by atoms with van der Waals surface area (Å²) in [6.45, 7) is 8.70. The third-order valence-corrected chi connectivity index (χ3v) is 2.70. The number of aromatic nitrogens is 2. The van der Waals surface area contributed by atoms with Crippen LogP contribution in [0.3, 0.4) is 0 Å². The minimum Gasteiger partial charge on any atom is -0.505 e. The van der Waals surface area contributed by atoms with Gasteiger partial charge in [0, 0.05) is 32.7 Å². The summed E-state index contributed by atoms with van der Waals surface area (Å²) in [7, 11) is 0. The van der Waals surface area contributed by atoms with Crippen molar-refractivity contribution in [1.82, 2.24) is 14.9 Å². The minimum atomic E-state index is 0. The molecule has 0 unspecified atom stereocenters. The fraction of sp³-hybridized carbons (Fsp3) is 0.714. The van der Waals surface area contributed by atoms with Gasteiger partial charge in [-0.2, -0.15) is 0 Å². The Morgan fingerprint density at radius 1 is 1.10 bits per heavy atom. The Morgan fingerprint density at radius 2 is 1.60 bits per heavy atom. The van der Waals surface area contributed by atoms with Gasteiger partial charge in [0.05, 0.1) is 19.0 Å². The first-order valence-corrected chi connectivity index (χ1v) is 6.80. The predicted molar refractivity (Wildman–Crippen MR) is 82.1 cm³/mol. The quantitative estimate of drug-likeness (QED) is 0.873. The molecule has 0 atom stereocenters. The van der Waals surface area contributed by atoms with Crippen LogP contribution >= 0.6 is 0 Å². The van der Waals surface area contributed by atoms with Gasteiger partial charge in [0.25, 0.3) is 0 Å². The first kappa shape index (κ1) is 18.6. The number of nitrogens with zero attached hydrogens (tertiary/aromatic N) is 4. The second kappa shape index (κ2) is 10.4. The number of anilines is 1. The first-order valence-electron chi connectivity index (χ1n) is 6.80. The van der Waals surface area contributed by atoms with E-state index in [2.05, 4.69) is 33.6 Å². The summed E-state index contributed by atoms with van der Waals surface area (Å²) in [5.74, 6) is 0.740. The molecule has 1 aromatic rings. The molecule has 2 N–H and O–H groups in total. The Hall–Kier alpha value is -1.40. The molecular weight excluding hydrogens is 256 g/mol. The van der Waals surface area contributed by atoms with Crippen molar-refractivity contribution in [2.75, 3.05) is 44.2 Å². The molecule has 1 aromatic heterocycles. The molecule has 0 aliphatic carbocycles. The number of aromatic hydroxyl groups is 1. The van der Waals surface area contributed by atoms with Gasteiger partial charge in [-0.25, -0.2) is 9.97 Å². The van der Waals surface area contributed by atoms with E-state index in [-0.39, 0.29) is 19.8 Å². The lowest BCUT2D eigenvalue weighted by atomic mass is 10.3. The van der Waals surface area contributed by atoms with Gasteiger partial charge in [-0.3, -0.25) is 4.90 Å². The summed E-state index contributed by atoms with van der Waals surface area (Å²) < 4.78 is 0. The van der Waals surface area contributed by atoms with Crippen molar-refractivity contribution in [3.8, 4) is 5.75 Å². The number of aliphatic hydroxyl groups excluding tert-OH is 1. The van der Waals surface area contributed by atoms with Gasteiger partial charge in [0.2, 0.25) is 5.95 Å². The van der Waals surface area contributed by atoms with E-state index in [0.29, 0.717) is 5.95 Å². The van der Waals surface area contributed by atoms with E-state index in [1.54, 1.807) is 0 Å². The average Bonchev–Trinajstić information content (AvgIpc) is 2.42. The highest BCUT2D eigenvalue weighted by Gasteiger charge is 2.18. The minimum absolute atomic E-state index is 0. The Morgan fingerprint density at radius 3 is 2.05 bits per heavy atom. The second-order valence-corrected chi connectivity index (χ2v) is 4.50. The first-order chi connectivity index (χ1) is 9.21. The molecule has 116 valence electrons. The summed E-state index contributed by atoms with van der Waals surface area (Å²) in [5.41, 5.74) is 0. The molecule has 6 heteroatoms. The summed E-state index contributed by atoms with van der Waals surface area (Å²) in [4.78, 5) is 12.4. The van der Waals surface area contributed by atoms with Crippen molar-refractivity contribution in [3.63, 3.8) is 0 Å². The number of piperazine rings is 1. The zero-order valence-corrected chi connectivity index (χ0v) is 11.8. The summed E-state index contributed by atoms with van der Waals surface area (Å²) in [5, 5.41) is 17.9. The highest BCUT2D eigenvalue weighted by Crippen LogP contribution is 2.12. The molecule has 1 fully saturated rings. The van der Waals surface area contributed by atoms with E-state index in [1.807, 2.05) is 0 Å². The zero-order valence-electron chi connectivity index (χ0n) is 11.8. The van der Waals surface area contributed by atoms with Crippen LogP contribution in [0.4, 0.5) is 5.95 Å². The highest BCUT2D eigenvalue weighted by atomic mass is 16.3. The molecule has 0 amide bonds. The van der Waals surface area contributed by atoms with Crippen molar-refractivity contribution in [1.29, 1.82) is 0 Å².